The Morgan fingerprint density at radius 3 is 1.71 bits per heavy atom. The second kappa shape index (κ2) is 11.9. The molecule has 0 N–H and O–H groups in total. The highest BCUT2D eigenvalue weighted by Gasteiger charge is 2.51. The molecule has 1 aliphatic heterocycles. The Morgan fingerprint density at radius 1 is 0.800 bits per heavy atom. The highest BCUT2D eigenvalue weighted by atomic mass is 32.2. The molecule has 1 heterocycles. The minimum atomic E-state index is -2.58. The van der Waals surface area contributed by atoms with E-state index in [1.165, 1.54) is 28.3 Å². The first-order valence-electron chi connectivity index (χ1n) is 13.0. The van der Waals surface area contributed by atoms with Gasteiger partial charge >= 0.3 is 0 Å². The Kier molecular flexibility index (Phi) is 9.89. The van der Waals surface area contributed by atoms with Gasteiger partial charge in [-0.25, -0.2) is 0 Å². The van der Waals surface area contributed by atoms with E-state index in [0.29, 0.717) is 11.2 Å². The summed E-state index contributed by atoms with van der Waals surface area (Å²) in [5, 5.41) is 2.83. The van der Waals surface area contributed by atoms with Gasteiger partial charge in [0.1, 0.15) is 0 Å². The third kappa shape index (κ3) is 7.08. The van der Waals surface area contributed by atoms with Gasteiger partial charge in [-0.05, 0) is 57.9 Å². The summed E-state index contributed by atoms with van der Waals surface area (Å²) in [7, 11) is -4.51. The molecule has 1 saturated heterocycles. The van der Waals surface area contributed by atoms with Crippen molar-refractivity contribution in [2.75, 3.05) is 18.1 Å². The largest absolute Gasteiger partial charge is 0.412 e. The van der Waals surface area contributed by atoms with Crippen LogP contribution in [-0.4, -0.2) is 45.4 Å². The molecule has 0 bridgehead atoms. The van der Waals surface area contributed by atoms with Crippen LogP contribution in [0.5, 0.6) is 0 Å². The fourth-order valence-corrected chi connectivity index (χ4v) is 13.5. The fourth-order valence-electron chi connectivity index (χ4n) is 4.61. The van der Waals surface area contributed by atoms with Crippen molar-refractivity contribution in [3.8, 4) is 0 Å². The maximum Gasteiger partial charge on any atom is 0.261 e. The first-order valence-corrected chi connectivity index (χ1v) is 19.9. The standard InChI is InChI=1S/C29H46O2S2Si2/c1-28(2,3)34(7,8)31-24(22-27-32-20-15-21-33-27)23-30-35(29(4,5)6,25-16-11-9-12-17-25)26-18-13-10-14-19-26/h9-14,16-19,24,27H,15,20-23H2,1-8H3. The van der Waals surface area contributed by atoms with Gasteiger partial charge in [-0.1, -0.05) is 102 Å². The summed E-state index contributed by atoms with van der Waals surface area (Å²) in [5.74, 6) is 2.53. The average Bonchev–Trinajstić information content (AvgIpc) is 2.79. The first kappa shape index (κ1) is 29.1. The Hall–Kier alpha value is -0.506. The number of benzene rings is 2. The predicted octanol–water partition coefficient (Wildman–Crippen LogP) is 7.54. The molecule has 0 saturated carbocycles. The van der Waals surface area contributed by atoms with Crippen LogP contribution in [-0.2, 0) is 8.85 Å². The summed E-state index contributed by atoms with van der Waals surface area (Å²) in [4.78, 5) is 0. The van der Waals surface area contributed by atoms with Crippen LogP contribution in [0, 0.1) is 0 Å². The van der Waals surface area contributed by atoms with Gasteiger partial charge in [-0.15, -0.1) is 23.5 Å². The van der Waals surface area contributed by atoms with Crippen molar-refractivity contribution in [3.63, 3.8) is 0 Å². The molecule has 2 aromatic carbocycles. The van der Waals surface area contributed by atoms with Crippen molar-refractivity contribution >= 4 is 50.5 Å². The van der Waals surface area contributed by atoms with Gasteiger partial charge in [0, 0.05) is 0 Å². The predicted molar refractivity (Wildman–Crippen MR) is 164 cm³/mol. The van der Waals surface area contributed by atoms with Gasteiger partial charge in [-0.3, -0.25) is 0 Å². The zero-order valence-corrected chi connectivity index (χ0v) is 26.7. The zero-order chi connectivity index (χ0) is 25.7. The third-order valence-electron chi connectivity index (χ3n) is 7.52. The van der Waals surface area contributed by atoms with E-state index in [-0.39, 0.29) is 16.2 Å². The molecule has 3 rings (SSSR count). The van der Waals surface area contributed by atoms with E-state index in [0.717, 1.165) is 6.42 Å². The summed E-state index contributed by atoms with van der Waals surface area (Å²) in [5.41, 5.74) is 0. The number of thioether (sulfide) groups is 2. The average molecular weight is 547 g/mol. The van der Waals surface area contributed by atoms with Crippen molar-refractivity contribution in [3.05, 3.63) is 60.7 Å². The minimum absolute atomic E-state index is 0.0223. The molecule has 1 atom stereocenters. The van der Waals surface area contributed by atoms with Gasteiger partial charge in [0.05, 0.1) is 17.3 Å². The van der Waals surface area contributed by atoms with Gasteiger partial charge in [0.15, 0.2) is 8.32 Å². The van der Waals surface area contributed by atoms with E-state index in [1.54, 1.807) is 0 Å². The van der Waals surface area contributed by atoms with Crippen molar-refractivity contribution in [1.82, 2.24) is 0 Å². The molecular formula is C29H46O2S2Si2. The van der Waals surface area contributed by atoms with Crippen LogP contribution in [0.1, 0.15) is 54.4 Å². The molecule has 1 fully saturated rings. The van der Waals surface area contributed by atoms with E-state index in [4.69, 9.17) is 8.85 Å². The molecule has 35 heavy (non-hydrogen) atoms. The lowest BCUT2D eigenvalue weighted by molar-refractivity contribution is 0.106. The summed E-state index contributed by atoms with van der Waals surface area (Å²) < 4.78 is 15.0. The van der Waals surface area contributed by atoms with Crippen molar-refractivity contribution in [1.29, 1.82) is 0 Å². The molecular weight excluding hydrogens is 501 g/mol. The van der Waals surface area contributed by atoms with Crippen molar-refractivity contribution < 1.29 is 8.85 Å². The zero-order valence-electron chi connectivity index (χ0n) is 23.1. The summed E-state index contributed by atoms with van der Waals surface area (Å²) in [6.07, 6.45) is 2.48. The first-order chi connectivity index (χ1) is 16.4. The smallest absolute Gasteiger partial charge is 0.261 e. The number of rotatable bonds is 9. The Labute approximate surface area is 225 Å². The molecule has 1 aliphatic rings. The molecule has 2 aromatic rings. The summed E-state index contributed by atoms with van der Waals surface area (Å²) in [6.45, 7) is 19.5. The van der Waals surface area contributed by atoms with Crippen LogP contribution >= 0.6 is 23.5 Å². The molecule has 0 aromatic heterocycles. The van der Waals surface area contributed by atoms with Gasteiger partial charge < -0.3 is 8.85 Å². The molecule has 0 aliphatic carbocycles. The minimum Gasteiger partial charge on any atom is -0.412 e. The number of hydrogen-bond donors (Lipinski definition) is 0. The van der Waals surface area contributed by atoms with E-state index < -0.39 is 16.6 Å². The van der Waals surface area contributed by atoms with Crippen molar-refractivity contribution in [2.24, 2.45) is 0 Å². The second-order valence-corrected chi connectivity index (χ2v) is 24.2. The van der Waals surface area contributed by atoms with Crippen LogP contribution < -0.4 is 10.4 Å². The third-order valence-corrected chi connectivity index (χ3v) is 20.1. The van der Waals surface area contributed by atoms with Crippen molar-refractivity contribution in [2.45, 2.75) is 88.2 Å². The molecule has 194 valence electrons. The quantitative estimate of drug-likeness (QED) is 0.302. The molecule has 2 nitrogen and oxygen atoms in total. The van der Waals surface area contributed by atoms with Crippen LogP contribution in [0.15, 0.2) is 60.7 Å². The monoisotopic (exact) mass is 546 g/mol. The second-order valence-electron chi connectivity index (χ2n) is 12.2. The Bertz CT molecular complexity index is 862. The van der Waals surface area contributed by atoms with E-state index in [9.17, 15) is 0 Å². The highest BCUT2D eigenvalue weighted by molar-refractivity contribution is 8.17. The summed E-state index contributed by atoms with van der Waals surface area (Å²) >= 11 is 4.22. The normalized spacial score (nSPS) is 17.4. The fraction of sp³-hybridized carbons (Fsp3) is 0.586. The van der Waals surface area contributed by atoms with Crippen LogP contribution in [0.3, 0.4) is 0 Å². The lowest BCUT2D eigenvalue weighted by Gasteiger charge is -2.45. The maximum atomic E-state index is 7.35. The highest BCUT2D eigenvalue weighted by Crippen LogP contribution is 2.41. The Morgan fingerprint density at radius 2 is 1.29 bits per heavy atom. The molecule has 6 heteroatoms. The molecule has 0 amide bonds. The molecule has 0 radical (unpaired) electrons. The van der Waals surface area contributed by atoms with Crippen LogP contribution in [0.4, 0.5) is 0 Å². The Balaban J connectivity index is 1.98. The molecule has 0 spiro atoms. The summed E-state index contributed by atoms with van der Waals surface area (Å²) in [6, 6.07) is 22.0. The molecule has 1 unspecified atom stereocenters. The lowest BCUT2D eigenvalue weighted by Crippen LogP contribution is -2.67. The number of hydrogen-bond acceptors (Lipinski definition) is 4. The maximum absolute atomic E-state index is 7.35. The van der Waals surface area contributed by atoms with Crippen LogP contribution in [0.25, 0.3) is 0 Å². The van der Waals surface area contributed by atoms with Gasteiger partial charge in [0.2, 0.25) is 0 Å². The van der Waals surface area contributed by atoms with E-state index >= 15 is 0 Å². The topological polar surface area (TPSA) is 18.5 Å². The van der Waals surface area contributed by atoms with Gasteiger partial charge in [-0.2, -0.15) is 0 Å². The van der Waals surface area contributed by atoms with Gasteiger partial charge in [0.25, 0.3) is 8.32 Å². The van der Waals surface area contributed by atoms with E-state index in [1.807, 2.05) is 0 Å². The van der Waals surface area contributed by atoms with Crippen LogP contribution in [0.2, 0.25) is 23.2 Å². The van der Waals surface area contributed by atoms with E-state index in [2.05, 4.69) is 139 Å². The SMILES string of the molecule is CC(C)(C)[Si](C)(C)OC(CO[Si](c1ccccc1)(c1ccccc1)C(C)(C)C)CC1SCCCS1. The lowest BCUT2D eigenvalue weighted by atomic mass is 10.2.